The summed E-state index contributed by atoms with van der Waals surface area (Å²) in [6, 6.07) is 17.8. The molecule has 4 heterocycles. The maximum absolute atomic E-state index is 14.2. The van der Waals surface area contributed by atoms with E-state index in [1.807, 2.05) is 55.5 Å². The van der Waals surface area contributed by atoms with E-state index in [1.54, 1.807) is 46.7 Å². The van der Waals surface area contributed by atoms with Gasteiger partial charge in [0.15, 0.2) is 11.4 Å². The number of pyridine rings is 1. The van der Waals surface area contributed by atoms with Crippen LogP contribution >= 0.6 is 0 Å². The molecule has 0 aliphatic heterocycles. The fourth-order valence-electron chi connectivity index (χ4n) is 5.05. The maximum atomic E-state index is 14.2. The molecule has 0 saturated heterocycles. The number of amides is 1. The number of ketones is 1. The fourth-order valence-corrected chi connectivity index (χ4v) is 5.05. The number of fused-ring (bicyclic) bond motifs is 2. The van der Waals surface area contributed by atoms with Crippen molar-refractivity contribution < 1.29 is 9.59 Å². The Bertz CT molecular complexity index is 1940. The standard InChI is InChI=1S/C30H25N7O3/c1-18(34-29(39)26-19(2)35-36-13-7-12-31-28(26)36)24-14-20-8-6-9-21(15-25(38)22-16-32-33-17-22)27(20)30(40)37(24)23-10-4-3-5-11-23/h3-14,16-18H,15H2,1-2H3,(H,32,33)(H,34,39)/t18-/m0/s1. The zero-order valence-electron chi connectivity index (χ0n) is 21.8. The lowest BCUT2D eigenvalue weighted by atomic mass is 9.98. The Morgan fingerprint density at radius 1 is 1.07 bits per heavy atom. The Balaban J connectivity index is 1.46. The molecule has 10 nitrogen and oxygen atoms in total. The molecule has 10 heteroatoms. The molecular weight excluding hydrogens is 506 g/mol. The highest BCUT2D eigenvalue weighted by molar-refractivity contribution is 6.01. The Kier molecular flexibility index (Phi) is 6.27. The molecule has 0 bridgehead atoms. The van der Waals surface area contributed by atoms with Gasteiger partial charge in [0, 0.05) is 36.4 Å². The summed E-state index contributed by atoms with van der Waals surface area (Å²) in [7, 11) is 0. The summed E-state index contributed by atoms with van der Waals surface area (Å²) >= 11 is 0. The van der Waals surface area contributed by atoms with Gasteiger partial charge >= 0.3 is 0 Å². The van der Waals surface area contributed by atoms with Crippen LogP contribution in [0.4, 0.5) is 0 Å². The minimum Gasteiger partial charge on any atom is -0.344 e. The van der Waals surface area contributed by atoms with Gasteiger partial charge in [-0.05, 0) is 49.1 Å². The second-order valence-corrected chi connectivity index (χ2v) is 9.56. The average molecular weight is 532 g/mol. The predicted molar refractivity (Wildman–Crippen MR) is 150 cm³/mol. The summed E-state index contributed by atoms with van der Waals surface area (Å²) in [6.45, 7) is 3.59. The summed E-state index contributed by atoms with van der Waals surface area (Å²) in [5, 5.41) is 15.1. The number of Topliss-reactive ketones (excluding diaryl/α,β-unsaturated/α-hetero) is 1. The number of para-hydroxylation sites is 1. The third-order valence-corrected chi connectivity index (χ3v) is 6.94. The van der Waals surface area contributed by atoms with E-state index in [4.69, 9.17) is 0 Å². The van der Waals surface area contributed by atoms with Crippen LogP contribution in [0.2, 0.25) is 0 Å². The first-order valence-corrected chi connectivity index (χ1v) is 12.8. The van der Waals surface area contributed by atoms with Crippen LogP contribution in [0.25, 0.3) is 22.1 Å². The summed E-state index contributed by atoms with van der Waals surface area (Å²) in [5.41, 5.74) is 3.42. The minimum absolute atomic E-state index is 0.0492. The Morgan fingerprint density at radius 2 is 1.90 bits per heavy atom. The van der Waals surface area contributed by atoms with Gasteiger partial charge in [-0.15, -0.1) is 0 Å². The zero-order chi connectivity index (χ0) is 27.8. The predicted octanol–water partition coefficient (Wildman–Crippen LogP) is 3.98. The van der Waals surface area contributed by atoms with Crippen molar-refractivity contribution in [2.45, 2.75) is 26.3 Å². The molecule has 0 spiro atoms. The van der Waals surface area contributed by atoms with Crippen LogP contribution in [0.5, 0.6) is 0 Å². The quantitative estimate of drug-likeness (QED) is 0.300. The highest BCUT2D eigenvalue weighted by atomic mass is 16.2. The molecule has 4 aromatic heterocycles. The van der Waals surface area contributed by atoms with E-state index in [-0.39, 0.29) is 23.7 Å². The first kappa shape index (κ1) is 24.9. The highest BCUT2D eigenvalue weighted by Gasteiger charge is 2.24. The van der Waals surface area contributed by atoms with E-state index in [2.05, 4.69) is 25.6 Å². The molecule has 6 rings (SSSR count). The van der Waals surface area contributed by atoms with E-state index in [1.165, 1.54) is 6.20 Å². The van der Waals surface area contributed by atoms with Crippen LogP contribution < -0.4 is 10.9 Å². The molecule has 2 N–H and O–H groups in total. The van der Waals surface area contributed by atoms with Gasteiger partial charge in [-0.2, -0.15) is 10.2 Å². The third kappa shape index (κ3) is 4.35. The van der Waals surface area contributed by atoms with Gasteiger partial charge in [-0.3, -0.25) is 24.0 Å². The van der Waals surface area contributed by atoms with Crippen LogP contribution in [0.3, 0.4) is 0 Å². The number of hydrogen-bond acceptors (Lipinski definition) is 6. The van der Waals surface area contributed by atoms with Gasteiger partial charge in [-0.25, -0.2) is 9.50 Å². The number of aryl methyl sites for hydroxylation is 1. The first-order valence-electron chi connectivity index (χ1n) is 12.8. The van der Waals surface area contributed by atoms with Crippen molar-refractivity contribution in [2.24, 2.45) is 0 Å². The summed E-state index contributed by atoms with van der Waals surface area (Å²) in [5.74, 6) is -0.487. The van der Waals surface area contributed by atoms with Crippen molar-refractivity contribution in [1.82, 2.24) is 34.7 Å². The number of rotatable bonds is 7. The number of nitrogens with zero attached hydrogens (tertiary/aromatic N) is 5. The van der Waals surface area contributed by atoms with E-state index < -0.39 is 6.04 Å². The Morgan fingerprint density at radius 3 is 2.67 bits per heavy atom. The molecule has 1 atom stereocenters. The number of carbonyl (C=O) groups excluding carboxylic acids is 2. The number of nitrogens with one attached hydrogen (secondary N) is 2. The van der Waals surface area contributed by atoms with Gasteiger partial charge in [0.25, 0.3) is 11.5 Å². The van der Waals surface area contributed by atoms with E-state index in [0.29, 0.717) is 50.2 Å². The summed E-state index contributed by atoms with van der Waals surface area (Å²) in [6.07, 6.45) is 6.41. The lowest BCUT2D eigenvalue weighted by molar-refractivity contribution is 0.0938. The molecule has 1 amide bonds. The molecule has 0 saturated carbocycles. The average Bonchev–Trinajstić information content (AvgIpc) is 3.61. The summed E-state index contributed by atoms with van der Waals surface area (Å²) < 4.78 is 3.16. The van der Waals surface area contributed by atoms with Crippen molar-refractivity contribution in [3.63, 3.8) is 0 Å². The molecule has 6 aromatic rings. The smallest absolute Gasteiger partial charge is 0.263 e. The van der Waals surface area contributed by atoms with Crippen LogP contribution in [0.1, 0.15) is 50.6 Å². The number of aromatic nitrogens is 6. The Labute approximate surface area is 228 Å². The van der Waals surface area contributed by atoms with Gasteiger partial charge < -0.3 is 5.32 Å². The van der Waals surface area contributed by atoms with Crippen molar-refractivity contribution in [2.75, 3.05) is 0 Å². The van der Waals surface area contributed by atoms with Gasteiger partial charge in [0.2, 0.25) is 0 Å². The van der Waals surface area contributed by atoms with E-state index >= 15 is 0 Å². The SMILES string of the molecule is Cc1nn2cccnc2c1C(=O)N[C@@H](C)c1cc2cccc(CC(=O)c3cn[nH]c3)c2c(=O)n1-c1ccccc1. The lowest BCUT2D eigenvalue weighted by Gasteiger charge is -2.21. The number of H-pyrrole nitrogens is 1. The number of benzene rings is 2. The lowest BCUT2D eigenvalue weighted by Crippen LogP contribution is -2.32. The van der Waals surface area contributed by atoms with Gasteiger partial charge in [0.05, 0.1) is 28.9 Å². The van der Waals surface area contributed by atoms with Crippen LogP contribution in [0.15, 0.2) is 90.2 Å². The molecule has 0 radical (unpaired) electrons. The normalized spacial score (nSPS) is 12.1. The molecule has 198 valence electrons. The maximum Gasteiger partial charge on any atom is 0.263 e. The van der Waals surface area contributed by atoms with Crippen molar-refractivity contribution in [3.05, 3.63) is 124 Å². The van der Waals surface area contributed by atoms with Crippen molar-refractivity contribution in [3.8, 4) is 5.69 Å². The van der Waals surface area contributed by atoms with E-state index in [9.17, 15) is 14.4 Å². The fraction of sp³-hybridized carbons (Fsp3) is 0.133. The summed E-state index contributed by atoms with van der Waals surface area (Å²) in [4.78, 5) is 44.9. The molecule has 0 fully saturated rings. The highest BCUT2D eigenvalue weighted by Crippen LogP contribution is 2.25. The van der Waals surface area contributed by atoms with Gasteiger partial charge in [0.1, 0.15) is 5.56 Å². The van der Waals surface area contributed by atoms with E-state index in [0.717, 1.165) is 0 Å². The molecule has 0 aliphatic rings. The third-order valence-electron chi connectivity index (χ3n) is 6.94. The van der Waals surface area contributed by atoms with Crippen LogP contribution in [0, 0.1) is 6.92 Å². The van der Waals surface area contributed by atoms with Gasteiger partial charge in [-0.1, -0.05) is 36.4 Å². The number of carbonyl (C=O) groups is 2. The van der Waals surface area contributed by atoms with Crippen molar-refractivity contribution in [1.29, 1.82) is 0 Å². The second kappa shape index (κ2) is 10.1. The topological polar surface area (TPSA) is 127 Å². The van der Waals surface area contributed by atoms with Crippen LogP contribution in [-0.4, -0.2) is 41.1 Å². The number of aromatic amines is 1. The Hall–Kier alpha value is -5.38. The largest absolute Gasteiger partial charge is 0.344 e. The molecule has 0 unspecified atom stereocenters. The number of hydrogen-bond donors (Lipinski definition) is 2. The second-order valence-electron chi connectivity index (χ2n) is 9.56. The minimum atomic E-state index is -0.556. The monoisotopic (exact) mass is 531 g/mol. The molecule has 2 aromatic carbocycles. The van der Waals surface area contributed by atoms with Crippen LogP contribution in [-0.2, 0) is 6.42 Å². The first-order chi connectivity index (χ1) is 19.4. The molecule has 0 aliphatic carbocycles. The zero-order valence-corrected chi connectivity index (χ0v) is 21.8. The van der Waals surface area contributed by atoms with Crippen molar-refractivity contribution >= 4 is 28.1 Å². The molecular formula is C30H25N7O3. The molecule has 40 heavy (non-hydrogen) atoms.